The summed E-state index contributed by atoms with van der Waals surface area (Å²) < 4.78 is 25.1. The van der Waals surface area contributed by atoms with Crippen molar-refractivity contribution in [2.75, 3.05) is 11.1 Å². The van der Waals surface area contributed by atoms with Gasteiger partial charge in [0.1, 0.15) is 17.5 Å². The van der Waals surface area contributed by atoms with E-state index in [4.69, 9.17) is 5.73 Å². The topological polar surface area (TPSA) is 63.8 Å². The fourth-order valence-electron chi connectivity index (χ4n) is 1.82. The van der Waals surface area contributed by atoms with Crippen LogP contribution < -0.4 is 11.1 Å². The fourth-order valence-corrected chi connectivity index (χ4v) is 2.42. The smallest absolute Gasteiger partial charge is 0.288 e. The molecule has 112 valence electrons. The van der Waals surface area contributed by atoms with Crippen LogP contribution in [0.4, 0.5) is 26.1 Å². The molecule has 0 radical (unpaired) electrons. The van der Waals surface area contributed by atoms with Gasteiger partial charge >= 0.3 is 0 Å². The lowest BCUT2D eigenvalue weighted by atomic mass is 10.3. The highest BCUT2D eigenvalue weighted by molar-refractivity contribution is 7.99. The standard InChI is InChI=1S/C14H16F2N4S/c1-2-5-12-19-11(17)8-13(20-12)18-9-6-3-4-7-10(9)21-14(15)16/h3-4,6-8,14H,2,5H2,1H3,(H3,17,18,19,20). The Morgan fingerprint density at radius 2 is 2.05 bits per heavy atom. The van der Waals surface area contributed by atoms with E-state index in [1.165, 1.54) is 0 Å². The second kappa shape index (κ2) is 7.21. The molecule has 0 bridgehead atoms. The maximum Gasteiger partial charge on any atom is 0.288 e. The fraction of sp³-hybridized carbons (Fsp3) is 0.286. The minimum Gasteiger partial charge on any atom is -0.384 e. The van der Waals surface area contributed by atoms with E-state index in [1.807, 2.05) is 6.92 Å². The summed E-state index contributed by atoms with van der Waals surface area (Å²) in [6.45, 7) is 2.02. The van der Waals surface area contributed by atoms with Crippen molar-refractivity contribution >= 4 is 29.1 Å². The van der Waals surface area contributed by atoms with Gasteiger partial charge in [-0.2, -0.15) is 8.78 Å². The predicted molar refractivity (Wildman–Crippen MR) is 82.0 cm³/mol. The molecule has 0 aliphatic rings. The molecule has 0 saturated heterocycles. The minimum atomic E-state index is -2.47. The number of para-hydroxylation sites is 1. The number of nitrogen functional groups attached to an aromatic ring is 1. The van der Waals surface area contributed by atoms with Crippen molar-refractivity contribution in [3.63, 3.8) is 0 Å². The SMILES string of the molecule is CCCc1nc(N)cc(Nc2ccccc2SC(F)F)n1. The molecule has 0 spiro atoms. The van der Waals surface area contributed by atoms with E-state index in [0.29, 0.717) is 46.2 Å². The summed E-state index contributed by atoms with van der Waals surface area (Å²) in [6, 6.07) is 8.43. The summed E-state index contributed by atoms with van der Waals surface area (Å²) >= 11 is 0.492. The zero-order valence-electron chi connectivity index (χ0n) is 11.5. The summed E-state index contributed by atoms with van der Waals surface area (Å²) in [6.07, 6.45) is 1.62. The molecule has 2 aromatic rings. The monoisotopic (exact) mass is 310 g/mol. The summed E-state index contributed by atoms with van der Waals surface area (Å²) in [5.41, 5.74) is 6.32. The van der Waals surface area contributed by atoms with Gasteiger partial charge in [-0.15, -0.1) is 0 Å². The average molecular weight is 310 g/mol. The Hall–Kier alpha value is -1.89. The highest BCUT2D eigenvalue weighted by Gasteiger charge is 2.11. The lowest BCUT2D eigenvalue weighted by Crippen LogP contribution is -2.04. The molecule has 3 N–H and O–H groups in total. The highest BCUT2D eigenvalue weighted by atomic mass is 32.2. The third kappa shape index (κ3) is 4.56. The first-order valence-electron chi connectivity index (χ1n) is 6.52. The molecule has 0 amide bonds. The zero-order chi connectivity index (χ0) is 15.2. The van der Waals surface area contributed by atoms with Gasteiger partial charge in [0, 0.05) is 17.4 Å². The predicted octanol–water partition coefficient (Wildman–Crippen LogP) is 4.07. The Bertz CT molecular complexity index is 607. The number of aryl methyl sites for hydroxylation is 1. The van der Waals surface area contributed by atoms with Gasteiger partial charge in [-0.1, -0.05) is 30.8 Å². The van der Waals surface area contributed by atoms with Gasteiger partial charge in [0.25, 0.3) is 5.76 Å². The van der Waals surface area contributed by atoms with Crippen LogP contribution in [0.5, 0.6) is 0 Å². The molecule has 21 heavy (non-hydrogen) atoms. The maximum absolute atomic E-state index is 12.6. The number of nitrogens with one attached hydrogen (secondary N) is 1. The van der Waals surface area contributed by atoms with Crippen LogP contribution in [-0.4, -0.2) is 15.7 Å². The van der Waals surface area contributed by atoms with Crippen LogP contribution in [0.3, 0.4) is 0 Å². The number of hydrogen-bond donors (Lipinski definition) is 2. The van der Waals surface area contributed by atoms with Crippen LogP contribution in [0.25, 0.3) is 0 Å². The van der Waals surface area contributed by atoms with Crippen molar-refractivity contribution in [2.24, 2.45) is 0 Å². The van der Waals surface area contributed by atoms with Crippen LogP contribution >= 0.6 is 11.8 Å². The molecule has 1 aromatic carbocycles. The first-order valence-corrected chi connectivity index (χ1v) is 7.40. The number of benzene rings is 1. The first-order chi connectivity index (χ1) is 10.1. The van der Waals surface area contributed by atoms with Crippen LogP contribution in [0.1, 0.15) is 19.2 Å². The summed E-state index contributed by atoms with van der Waals surface area (Å²) in [5.74, 6) is -0.971. The number of thioether (sulfide) groups is 1. The second-order valence-electron chi connectivity index (χ2n) is 4.34. The van der Waals surface area contributed by atoms with Gasteiger partial charge in [0.05, 0.1) is 5.69 Å². The Morgan fingerprint density at radius 3 is 2.76 bits per heavy atom. The molecule has 1 heterocycles. The Balaban J connectivity index is 2.25. The average Bonchev–Trinajstić information content (AvgIpc) is 2.40. The second-order valence-corrected chi connectivity index (χ2v) is 5.38. The molecule has 0 saturated carbocycles. The molecule has 4 nitrogen and oxygen atoms in total. The van der Waals surface area contributed by atoms with Crippen molar-refractivity contribution in [1.82, 2.24) is 9.97 Å². The molecule has 0 fully saturated rings. The number of halogens is 2. The third-order valence-corrected chi connectivity index (χ3v) is 3.42. The first kappa shape index (κ1) is 15.5. The van der Waals surface area contributed by atoms with E-state index in [-0.39, 0.29) is 0 Å². The largest absolute Gasteiger partial charge is 0.384 e. The van der Waals surface area contributed by atoms with Crippen molar-refractivity contribution in [3.05, 3.63) is 36.2 Å². The number of hydrogen-bond acceptors (Lipinski definition) is 5. The van der Waals surface area contributed by atoms with Crippen LogP contribution in [-0.2, 0) is 6.42 Å². The van der Waals surface area contributed by atoms with E-state index < -0.39 is 5.76 Å². The molecule has 7 heteroatoms. The van der Waals surface area contributed by atoms with Crippen molar-refractivity contribution in [1.29, 1.82) is 0 Å². The van der Waals surface area contributed by atoms with Crippen molar-refractivity contribution in [2.45, 2.75) is 30.4 Å². The van der Waals surface area contributed by atoms with Gasteiger partial charge in [0.15, 0.2) is 0 Å². The summed E-state index contributed by atoms with van der Waals surface area (Å²) in [5, 5.41) is 3.03. The highest BCUT2D eigenvalue weighted by Crippen LogP contribution is 2.33. The lowest BCUT2D eigenvalue weighted by Gasteiger charge is -2.12. The number of alkyl halides is 2. The Labute approximate surface area is 126 Å². The molecule has 2 rings (SSSR count). The number of aromatic nitrogens is 2. The van der Waals surface area contributed by atoms with Crippen molar-refractivity contribution < 1.29 is 8.78 Å². The number of anilines is 3. The number of rotatable bonds is 6. The molecule has 0 aliphatic heterocycles. The van der Waals surface area contributed by atoms with Crippen LogP contribution in [0.2, 0.25) is 0 Å². The molecule has 0 unspecified atom stereocenters. The van der Waals surface area contributed by atoms with E-state index >= 15 is 0 Å². The maximum atomic E-state index is 12.6. The normalized spacial score (nSPS) is 10.9. The van der Waals surface area contributed by atoms with E-state index in [0.717, 1.165) is 6.42 Å². The summed E-state index contributed by atoms with van der Waals surface area (Å²) in [7, 11) is 0. The molecule has 0 atom stereocenters. The molecule has 0 aliphatic carbocycles. The van der Waals surface area contributed by atoms with Crippen LogP contribution in [0.15, 0.2) is 35.2 Å². The zero-order valence-corrected chi connectivity index (χ0v) is 12.3. The number of nitrogens with zero attached hydrogens (tertiary/aromatic N) is 2. The van der Waals surface area contributed by atoms with Gasteiger partial charge in [-0.25, -0.2) is 9.97 Å². The van der Waals surface area contributed by atoms with E-state index in [9.17, 15) is 8.78 Å². The quantitative estimate of drug-likeness (QED) is 0.787. The number of nitrogens with two attached hydrogens (primary N) is 1. The van der Waals surface area contributed by atoms with Crippen LogP contribution in [0, 0.1) is 0 Å². The minimum absolute atomic E-state index is 0.356. The van der Waals surface area contributed by atoms with Gasteiger partial charge in [-0.05, 0) is 18.6 Å². The van der Waals surface area contributed by atoms with Crippen molar-refractivity contribution in [3.8, 4) is 0 Å². The third-order valence-electron chi connectivity index (χ3n) is 2.63. The summed E-state index contributed by atoms with van der Waals surface area (Å²) in [4.78, 5) is 8.94. The van der Waals surface area contributed by atoms with Gasteiger partial charge < -0.3 is 11.1 Å². The van der Waals surface area contributed by atoms with E-state index in [2.05, 4.69) is 15.3 Å². The van der Waals surface area contributed by atoms with Gasteiger partial charge in [0.2, 0.25) is 0 Å². The Kier molecular flexibility index (Phi) is 5.32. The van der Waals surface area contributed by atoms with E-state index in [1.54, 1.807) is 30.3 Å². The Morgan fingerprint density at radius 1 is 1.29 bits per heavy atom. The lowest BCUT2D eigenvalue weighted by molar-refractivity contribution is 0.252. The van der Waals surface area contributed by atoms with Gasteiger partial charge in [-0.3, -0.25) is 0 Å². The molecular weight excluding hydrogens is 294 g/mol. The molecule has 1 aromatic heterocycles. The molecular formula is C14H16F2N4S.